The highest BCUT2D eigenvalue weighted by Crippen LogP contribution is 2.16. The molecule has 1 N–H and O–H groups in total. The molecule has 0 saturated carbocycles. The lowest BCUT2D eigenvalue weighted by atomic mass is 10.0. The summed E-state index contributed by atoms with van der Waals surface area (Å²) in [6, 6.07) is 5.19. The number of pyridine rings is 1. The third-order valence-corrected chi connectivity index (χ3v) is 3.98. The molecule has 100 valence electrons. The van der Waals surface area contributed by atoms with Gasteiger partial charge < -0.3 is 5.32 Å². The van der Waals surface area contributed by atoms with Gasteiger partial charge in [-0.25, -0.2) is 4.98 Å². The fourth-order valence-electron chi connectivity index (χ4n) is 2.53. The number of rotatable bonds is 4. The Morgan fingerprint density at radius 3 is 2.83 bits per heavy atom. The summed E-state index contributed by atoms with van der Waals surface area (Å²) in [5.41, 5.74) is 1.25. The summed E-state index contributed by atoms with van der Waals surface area (Å²) in [6.07, 6.45) is 4.26. The van der Waals surface area contributed by atoms with Crippen LogP contribution in [-0.4, -0.2) is 35.1 Å². The first kappa shape index (κ1) is 13.8. The van der Waals surface area contributed by atoms with Crippen molar-refractivity contribution in [2.75, 3.05) is 13.1 Å². The molecule has 0 amide bonds. The van der Waals surface area contributed by atoms with Crippen LogP contribution in [0.2, 0.25) is 5.15 Å². The maximum atomic E-state index is 5.82. The molecule has 18 heavy (non-hydrogen) atoms. The van der Waals surface area contributed by atoms with Gasteiger partial charge in [-0.2, -0.15) is 0 Å². The molecule has 0 spiro atoms. The number of nitrogens with one attached hydrogen (secondary N) is 1. The van der Waals surface area contributed by atoms with E-state index in [1.54, 1.807) is 0 Å². The van der Waals surface area contributed by atoms with Crippen molar-refractivity contribution in [2.45, 2.75) is 45.3 Å². The van der Waals surface area contributed by atoms with Crippen molar-refractivity contribution in [1.82, 2.24) is 15.2 Å². The summed E-state index contributed by atoms with van der Waals surface area (Å²) in [7, 11) is 0. The second-order valence-electron chi connectivity index (χ2n) is 4.99. The molecule has 4 heteroatoms. The largest absolute Gasteiger partial charge is 0.311 e. The first-order chi connectivity index (χ1) is 8.72. The van der Waals surface area contributed by atoms with Crippen LogP contribution in [0.5, 0.6) is 0 Å². The summed E-state index contributed by atoms with van der Waals surface area (Å²) in [5.74, 6) is 0. The Kier molecular flexibility index (Phi) is 4.98. The van der Waals surface area contributed by atoms with Gasteiger partial charge in [-0.15, -0.1) is 0 Å². The van der Waals surface area contributed by atoms with Crippen molar-refractivity contribution in [3.05, 3.63) is 29.0 Å². The molecule has 2 heterocycles. The Bertz CT molecular complexity index is 366. The van der Waals surface area contributed by atoms with Gasteiger partial charge in [0.2, 0.25) is 0 Å². The highest BCUT2D eigenvalue weighted by atomic mass is 35.5. The van der Waals surface area contributed by atoms with E-state index in [0.29, 0.717) is 17.2 Å². The molecule has 1 aromatic rings. The average Bonchev–Trinajstić information content (AvgIpc) is 2.41. The van der Waals surface area contributed by atoms with E-state index in [1.165, 1.54) is 18.4 Å². The molecule has 0 aliphatic carbocycles. The van der Waals surface area contributed by atoms with Crippen molar-refractivity contribution in [2.24, 2.45) is 0 Å². The van der Waals surface area contributed by atoms with E-state index in [9.17, 15) is 0 Å². The van der Waals surface area contributed by atoms with Crippen molar-refractivity contribution in [3.63, 3.8) is 0 Å². The number of nitrogens with zero attached hydrogens (tertiary/aromatic N) is 2. The van der Waals surface area contributed by atoms with Crippen LogP contribution in [0.3, 0.4) is 0 Å². The fraction of sp³-hybridized carbons (Fsp3) is 0.643. The van der Waals surface area contributed by atoms with Crippen LogP contribution < -0.4 is 5.32 Å². The van der Waals surface area contributed by atoms with Gasteiger partial charge in [-0.05, 0) is 24.5 Å². The zero-order valence-electron chi connectivity index (χ0n) is 11.2. The van der Waals surface area contributed by atoms with Crippen LogP contribution >= 0.6 is 11.6 Å². The third kappa shape index (κ3) is 3.44. The standard InChI is InChI=1S/C14H22ClN3/c1-3-12-10-18(13(4-2)8-16-12)9-11-5-6-14(15)17-7-11/h5-7,12-13,16H,3-4,8-10H2,1-2H3. The second-order valence-corrected chi connectivity index (χ2v) is 5.38. The molecule has 1 aromatic heterocycles. The number of halogens is 1. The van der Waals surface area contributed by atoms with Crippen LogP contribution in [-0.2, 0) is 6.54 Å². The fourth-order valence-corrected chi connectivity index (χ4v) is 2.64. The van der Waals surface area contributed by atoms with Crippen LogP contribution in [0.1, 0.15) is 32.3 Å². The van der Waals surface area contributed by atoms with Gasteiger partial charge in [0.1, 0.15) is 5.15 Å². The normalized spacial score (nSPS) is 25.3. The molecule has 3 nitrogen and oxygen atoms in total. The summed E-state index contributed by atoms with van der Waals surface area (Å²) in [4.78, 5) is 6.72. The molecule has 1 aliphatic rings. The van der Waals surface area contributed by atoms with Crippen LogP contribution in [0.4, 0.5) is 0 Å². The zero-order valence-corrected chi connectivity index (χ0v) is 12.0. The van der Waals surface area contributed by atoms with E-state index >= 15 is 0 Å². The lowest BCUT2D eigenvalue weighted by Crippen LogP contribution is -2.55. The molecule has 0 aromatic carbocycles. The Morgan fingerprint density at radius 2 is 2.22 bits per heavy atom. The number of hydrogen-bond donors (Lipinski definition) is 1. The number of hydrogen-bond acceptors (Lipinski definition) is 3. The van der Waals surface area contributed by atoms with Crippen molar-refractivity contribution < 1.29 is 0 Å². The molecular formula is C14H22ClN3. The minimum Gasteiger partial charge on any atom is -0.311 e. The number of piperazine rings is 1. The Morgan fingerprint density at radius 1 is 1.39 bits per heavy atom. The van der Waals surface area contributed by atoms with E-state index in [2.05, 4.69) is 35.1 Å². The maximum Gasteiger partial charge on any atom is 0.129 e. The minimum absolute atomic E-state index is 0.567. The lowest BCUT2D eigenvalue weighted by molar-refractivity contribution is 0.117. The van der Waals surface area contributed by atoms with E-state index < -0.39 is 0 Å². The molecule has 1 fully saturated rings. The zero-order chi connectivity index (χ0) is 13.0. The number of aromatic nitrogens is 1. The van der Waals surface area contributed by atoms with Gasteiger partial charge >= 0.3 is 0 Å². The first-order valence-electron chi connectivity index (χ1n) is 6.80. The van der Waals surface area contributed by atoms with Gasteiger partial charge in [0, 0.05) is 37.9 Å². The van der Waals surface area contributed by atoms with Crippen LogP contribution in [0.25, 0.3) is 0 Å². The minimum atomic E-state index is 0.567. The SMILES string of the molecule is CCC1CN(Cc2ccc(Cl)nc2)C(CC)CN1. The summed E-state index contributed by atoms with van der Waals surface area (Å²) >= 11 is 5.82. The topological polar surface area (TPSA) is 28.2 Å². The Balaban J connectivity index is 2.02. The van der Waals surface area contributed by atoms with E-state index in [1.807, 2.05) is 12.3 Å². The molecule has 2 unspecified atom stereocenters. The highest BCUT2D eigenvalue weighted by Gasteiger charge is 2.25. The van der Waals surface area contributed by atoms with Crippen molar-refractivity contribution in [3.8, 4) is 0 Å². The third-order valence-electron chi connectivity index (χ3n) is 3.75. The summed E-state index contributed by atoms with van der Waals surface area (Å²) in [5, 5.41) is 4.18. The van der Waals surface area contributed by atoms with E-state index in [4.69, 9.17) is 11.6 Å². The van der Waals surface area contributed by atoms with Gasteiger partial charge in [0.05, 0.1) is 0 Å². The predicted octanol–water partition coefficient (Wildman–Crippen LogP) is 2.70. The smallest absolute Gasteiger partial charge is 0.129 e. The predicted molar refractivity (Wildman–Crippen MR) is 75.8 cm³/mol. The summed E-state index contributed by atoms with van der Waals surface area (Å²) in [6.45, 7) is 7.69. The molecule has 0 bridgehead atoms. The first-order valence-corrected chi connectivity index (χ1v) is 7.18. The van der Waals surface area contributed by atoms with Crippen molar-refractivity contribution >= 4 is 11.6 Å². The summed E-state index contributed by atoms with van der Waals surface area (Å²) < 4.78 is 0. The van der Waals surface area contributed by atoms with Crippen molar-refractivity contribution in [1.29, 1.82) is 0 Å². The quantitative estimate of drug-likeness (QED) is 0.851. The van der Waals surface area contributed by atoms with E-state index in [-0.39, 0.29) is 0 Å². The van der Waals surface area contributed by atoms with Crippen LogP contribution in [0, 0.1) is 0 Å². The average molecular weight is 268 g/mol. The Hall–Kier alpha value is -0.640. The molecule has 2 rings (SSSR count). The van der Waals surface area contributed by atoms with Gasteiger partial charge in [0.25, 0.3) is 0 Å². The van der Waals surface area contributed by atoms with Crippen LogP contribution in [0.15, 0.2) is 18.3 Å². The van der Waals surface area contributed by atoms with Gasteiger partial charge in [0.15, 0.2) is 0 Å². The maximum absolute atomic E-state index is 5.82. The van der Waals surface area contributed by atoms with Gasteiger partial charge in [-0.1, -0.05) is 31.5 Å². The van der Waals surface area contributed by atoms with E-state index in [0.717, 1.165) is 19.6 Å². The highest BCUT2D eigenvalue weighted by molar-refractivity contribution is 6.29. The lowest BCUT2D eigenvalue weighted by Gasteiger charge is -2.40. The molecular weight excluding hydrogens is 246 g/mol. The molecule has 0 radical (unpaired) electrons. The molecule has 2 atom stereocenters. The van der Waals surface area contributed by atoms with Gasteiger partial charge in [-0.3, -0.25) is 4.90 Å². The Labute approximate surface area is 115 Å². The molecule has 1 aliphatic heterocycles. The monoisotopic (exact) mass is 267 g/mol. The molecule has 1 saturated heterocycles. The second kappa shape index (κ2) is 6.50.